The predicted molar refractivity (Wildman–Crippen MR) is 164 cm³/mol. The van der Waals surface area contributed by atoms with Gasteiger partial charge in [-0.25, -0.2) is 4.99 Å². The van der Waals surface area contributed by atoms with E-state index in [0.717, 1.165) is 61.9 Å². The zero-order chi connectivity index (χ0) is 29.3. The highest BCUT2D eigenvalue weighted by Gasteiger charge is 2.20. The Morgan fingerprint density at radius 1 is 1.20 bits per heavy atom. The second kappa shape index (κ2) is 17.1. The van der Waals surface area contributed by atoms with E-state index in [1.54, 1.807) is 22.1 Å². The number of carbonyl (C=O) groups is 2. The highest BCUT2D eigenvalue weighted by Crippen LogP contribution is 2.24. The minimum absolute atomic E-state index is 0. The van der Waals surface area contributed by atoms with E-state index in [2.05, 4.69) is 35.6 Å². The third-order valence-electron chi connectivity index (χ3n) is 6.28. The summed E-state index contributed by atoms with van der Waals surface area (Å²) in [5.41, 5.74) is 8.24. The molecule has 2 amide bonds. The largest absolute Gasteiger partial charge is 0.461 e. The quantitative estimate of drug-likeness (QED) is 0.131. The number of nitrogens with two attached hydrogens (primary N) is 1. The fraction of sp³-hybridized carbons (Fsp3) is 0.355. The van der Waals surface area contributed by atoms with E-state index >= 15 is 0 Å². The zero-order valence-electron chi connectivity index (χ0n) is 23.6. The van der Waals surface area contributed by atoms with E-state index in [1.165, 1.54) is 5.56 Å². The number of aliphatic imine (C=N–C) groups is 1. The molecule has 0 aliphatic carbocycles. The van der Waals surface area contributed by atoms with Crippen LogP contribution in [0.25, 0.3) is 11.0 Å². The smallest absolute Gasteiger partial charge is 0.241 e. The van der Waals surface area contributed by atoms with Crippen LogP contribution in [0.2, 0.25) is 0 Å². The van der Waals surface area contributed by atoms with Crippen LogP contribution in [0.3, 0.4) is 0 Å². The van der Waals surface area contributed by atoms with Gasteiger partial charge < -0.3 is 20.0 Å². The summed E-state index contributed by atoms with van der Waals surface area (Å²) in [6.07, 6.45) is 7.26. The average Bonchev–Trinajstić information content (AvgIpc) is 3.21. The Morgan fingerprint density at radius 2 is 1.95 bits per heavy atom. The molecular formula is C31H44N6O3. The Morgan fingerprint density at radius 3 is 2.67 bits per heavy atom. The molecule has 1 aliphatic heterocycles. The van der Waals surface area contributed by atoms with Crippen LogP contribution in [-0.2, 0) is 16.0 Å². The maximum atomic E-state index is 12.2. The van der Waals surface area contributed by atoms with E-state index in [0.29, 0.717) is 12.1 Å². The van der Waals surface area contributed by atoms with Gasteiger partial charge in [-0.2, -0.15) is 5.26 Å². The molecule has 0 saturated carbocycles. The summed E-state index contributed by atoms with van der Waals surface area (Å²) in [6, 6.07) is 17.7. The van der Waals surface area contributed by atoms with Crippen LogP contribution in [0.1, 0.15) is 46.3 Å². The van der Waals surface area contributed by atoms with Crippen molar-refractivity contribution in [3.63, 3.8) is 0 Å². The number of furan rings is 1. The Bertz CT molecular complexity index is 1310. The number of benzene rings is 2. The number of carbonyl (C=O) groups excluding carboxylic acids is 2. The molecule has 0 spiro atoms. The summed E-state index contributed by atoms with van der Waals surface area (Å²) < 4.78 is 5.43. The van der Waals surface area contributed by atoms with E-state index < -0.39 is 0 Å². The predicted octanol–water partition coefficient (Wildman–Crippen LogP) is 5.53. The van der Waals surface area contributed by atoms with Crippen LogP contribution in [0, 0.1) is 18.4 Å². The van der Waals surface area contributed by atoms with Crippen LogP contribution >= 0.6 is 0 Å². The van der Waals surface area contributed by atoms with Gasteiger partial charge in [-0.15, -0.1) is 13.2 Å². The average molecular weight is 549 g/mol. The van der Waals surface area contributed by atoms with Gasteiger partial charge in [0.1, 0.15) is 11.3 Å². The van der Waals surface area contributed by atoms with Gasteiger partial charge in [-0.1, -0.05) is 36.8 Å². The van der Waals surface area contributed by atoms with Gasteiger partial charge in [-0.05, 0) is 62.4 Å². The highest BCUT2D eigenvalue weighted by atomic mass is 16.3. The van der Waals surface area contributed by atoms with Crippen LogP contribution in [0.15, 0.2) is 77.2 Å². The number of amides is 2. The first-order valence-electron chi connectivity index (χ1n) is 13.4. The minimum atomic E-state index is 0. The molecule has 1 saturated heterocycles. The van der Waals surface area contributed by atoms with Crippen LogP contribution in [0.5, 0.6) is 0 Å². The first-order valence-corrected chi connectivity index (χ1v) is 13.4. The van der Waals surface area contributed by atoms with Crippen molar-refractivity contribution in [2.24, 2.45) is 10.7 Å². The first kappa shape index (κ1) is 31.6. The van der Waals surface area contributed by atoms with E-state index in [-0.39, 0.29) is 27.2 Å². The summed E-state index contributed by atoms with van der Waals surface area (Å²) in [6.45, 7) is 9.58. The second-order valence-corrected chi connectivity index (χ2v) is 9.34. The van der Waals surface area contributed by atoms with Crippen LogP contribution in [-0.4, -0.2) is 54.3 Å². The van der Waals surface area contributed by atoms with E-state index in [1.807, 2.05) is 50.4 Å². The minimum Gasteiger partial charge on any atom is -0.461 e. The van der Waals surface area contributed by atoms with Gasteiger partial charge in [-0.3, -0.25) is 14.9 Å². The first-order chi connectivity index (χ1) is 19.4. The number of likely N-dealkylation sites (tertiary alicyclic amines) is 1. The topological polar surface area (TPSA) is 128 Å². The molecule has 2 aromatic carbocycles. The molecule has 2 heterocycles. The number of nitrogens with one attached hydrogen (secondary N) is 1. The summed E-state index contributed by atoms with van der Waals surface area (Å²) in [7, 11) is 1.83. The van der Waals surface area contributed by atoms with Crippen molar-refractivity contribution in [1.29, 1.82) is 5.26 Å². The number of guanidine groups is 1. The molecule has 40 heavy (non-hydrogen) atoms. The molecule has 3 N–H and O–H groups in total. The van der Waals surface area contributed by atoms with Crippen LogP contribution in [0.4, 0.5) is 5.69 Å². The molecule has 9 nitrogen and oxygen atoms in total. The summed E-state index contributed by atoms with van der Waals surface area (Å²) >= 11 is 0. The maximum Gasteiger partial charge on any atom is 0.241 e. The third-order valence-corrected chi connectivity index (χ3v) is 6.28. The van der Waals surface area contributed by atoms with Gasteiger partial charge in [0.15, 0.2) is 6.19 Å². The lowest BCUT2D eigenvalue weighted by molar-refractivity contribution is -0.139. The molecule has 216 valence electrons. The summed E-state index contributed by atoms with van der Waals surface area (Å²) in [5, 5.41) is 11.6. The van der Waals surface area contributed by atoms with Crippen molar-refractivity contribution < 1.29 is 16.9 Å². The van der Waals surface area contributed by atoms with Crippen molar-refractivity contribution in [3.8, 4) is 6.19 Å². The van der Waals surface area contributed by atoms with Gasteiger partial charge in [0.05, 0.1) is 12.2 Å². The Balaban J connectivity index is 0.000000750. The maximum absolute atomic E-state index is 12.2. The van der Waals surface area contributed by atoms with Gasteiger partial charge in [0.25, 0.3) is 0 Å². The molecule has 9 heteroatoms. The standard InChI is InChI=1S/C18H26N2O2.C11H10N4O.C2H4.2H2/c1-19(13-8-11-16-9-4-2-5-10-16)18(22)15-20-14-7-3-6-12-17(20)21;1-7-4-8-5-9(2-3-10(8)16-7)15-11(13)14-6-12;1-2;;/h2,4-5,9-10H,3,6-8,11-15H2,1H3;2-5H,1H3,(H3,13,14,15);1-2H2;2*1H. The normalized spacial score (nSPS) is 13.2. The van der Waals surface area contributed by atoms with Gasteiger partial charge in [0.2, 0.25) is 17.8 Å². The molecule has 0 bridgehead atoms. The lowest BCUT2D eigenvalue weighted by atomic mass is 10.1. The molecule has 0 atom stereocenters. The Kier molecular flexibility index (Phi) is 13.5. The Labute approximate surface area is 239 Å². The van der Waals surface area contributed by atoms with Crippen molar-refractivity contribution in [2.75, 3.05) is 26.7 Å². The molecule has 1 aromatic heterocycles. The lowest BCUT2D eigenvalue weighted by Crippen LogP contribution is -2.41. The molecular weight excluding hydrogens is 504 g/mol. The van der Waals surface area contributed by atoms with Gasteiger partial charge >= 0.3 is 0 Å². The Hall–Kier alpha value is -4.58. The number of likely N-dealkylation sites (N-methyl/N-ethyl adjacent to an activating group) is 1. The van der Waals surface area contributed by atoms with Gasteiger partial charge in [0, 0.05) is 34.8 Å². The van der Waals surface area contributed by atoms with Crippen molar-refractivity contribution >= 4 is 34.4 Å². The number of hydrogen-bond acceptors (Lipinski definition) is 5. The van der Waals surface area contributed by atoms with Crippen molar-refractivity contribution in [3.05, 3.63) is 79.1 Å². The fourth-order valence-corrected chi connectivity index (χ4v) is 4.24. The zero-order valence-corrected chi connectivity index (χ0v) is 23.6. The number of aryl methyl sites for hydroxylation is 2. The number of nitriles is 1. The number of fused-ring (bicyclic) bond motifs is 1. The van der Waals surface area contributed by atoms with E-state index in [4.69, 9.17) is 15.4 Å². The highest BCUT2D eigenvalue weighted by molar-refractivity contribution is 5.86. The molecule has 3 aromatic rings. The number of nitrogens with zero attached hydrogens (tertiary/aromatic N) is 4. The molecule has 4 rings (SSSR count). The molecule has 0 radical (unpaired) electrons. The second-order valence-electron chi connectivity index (χ2n) is 9.34. The third kappa shape index (κ3) is 10.7. The summed E-state index contributed by atoms with van der Waals surface area (Å²) in [4.78, 5) is 31.7. The van der Waals surface area contributed by atoms with Crippen LogP contribution < -0.4 is 11.1 Å². The van der Waals surface area contributed by atoms with Crippen molar-refractivity contribution in [1.82, 2.24) is 15.1 Å². The molecule has 1 fully saturated rings. The number of rotatable bonds is 7. The number of hydrogen-bond donors (Lipinski definition) is 2. The lowest BCUT2D eigenvalue weighted by Gasteiger charge is -2.24. The molecule has 1 aliphatic rings. The van der Waals surface area contributed by atoms with E-state index in [9.17, 15) is 9.59 Å². The SMILES string of the molecule is C=C.CN(CCCc1ccccc1)C(=O)CN1CCCCCC1=O.Cc1cc2cc(N=C(N)NC#N)ccc2o1.[HH].[HH]. The van der Waals surface area contributed by atoms with Crippen molar-refractivity contribution in [2.45, 2.75) is 45.4 Å². The fourth-order valence-electron chi connectivity index (χ4n) is 4.24. The monoisotopic (exact) mass is 548 g/mol. The molecule has 0 unspecified atom stereocenters. The summed E-state index contributed by atoms with van der Waals surface area (Å²) in [5.74, 6) is 1.09.